The van der Waals surface area contributed by atoms with Crippen LogP contribution in [-0.4, -0.2) is 28.4 Å². The van der Waals surface area contributed by atoms with Crippen LogP contribution in [0.2, 0.25) is 0 Å². The Kier molecular flexibility index (Phi) is 4.80. The van der Waals surface area contributed by atoms with Gasteiger partial charge < -0.3 is 10.3 Å². The molecule has 0 saturated carbocycles. The summed E-state index contributed by atoms with van der Waals surface area (Å²) in [5.74, 6) is -0.594. The fourth-order valence-electron chi connectivity index (χ4n) is 2.53. The van der Waals surface area contributed by atoms with Gasteiger partial charge in [0.2, 0.25) is 0 Å². The first-order valence-corrected chi connectivity index (χ1v) is 8.37. The van der Waals surface area contributed by atoms with E-state index in [0.29, 0.717) is 4.47 Å². The Labute approximate surface area is 151 Å². The SMILES string of the molecule is CC(=O)C1CC(C(=O)Nc2cc(Br)c[nH]c2=O)=NN1c1ccccc1. The van der Waals surface area contributed by atoms with Crippen LogP contribution in [0.3, 0.4) is 0 Å². The number of para-hydroxylation sites is 1. The minimum absolute atomic E-state index is 0.0873. The highest BCUT2D eigenvalue weighted by atomic mass is 79.9. The Hall–Kier alpha value is -2.74. The summed E-state index contributed by atoms with van der Waals surface area (Å²) in [5.41, 5.74) is 0.618. The summed E-state index contributed by atoms with van der Waals surface area (Å²) in [4.78, 5) is 38.7. The highest BCUT2D eigenvalue weighted by Gasteiger charge is 2.34. The van der Waals surface area contributed by atoms with Gasteiger partial charge in [-0.05, 0) is 41.1 Å². The van der Waals surface area contributed by atoms with Crippen molar-refractivity contribution in [1.29, 1.82) is 0 Å². The molecule has 0 radical (unpaired) electrons. The predicted molar refractivity (Wildman–Crippen MR) is 98.8 cm³/mol. The molecule has 7 nitrogen and oxygen atoms in total. The van der Waals surface area contributed by atoms with Gasteiger partial charge in [0.1, 0.15) is 17.4 Å². The minimum atomic E-state index is -0.538. The van der Waals surface area contributed by atoms with Crippen molar-refractivity contribution in [3.8, 4) is 0 Å². The zero-order valence-corrected chi connectivity index (χ0v) is 14.9. The Balaban J connectivity index is 1.86. The molecule has 1 atom stereocenters. The summed E-state index contributed by atoms with van der Waals surface area (Å²) in [6.07, 6.45) is 1.66. The van der Waals surface area contributed by atoms with E-state index in [1.165, 1.54) is 19.2 Å². The van der Waals surface area contributed by atoms with Gasteiger partial charge in [0, 0.05) is 17.1 Å². The van der Waals surface area contributed by atoms with Crippen molar-refractivity contribution in [2.45, 2.75) is 19.4 Å². The fraction of sp³-hybridized carbons (Fsp3) is 0.176. The van der Waals surface area contributed by atoms with Crippen LogP contribution in [0.15, 0.2) is 57.0 Å². The van der Waals surface area contributed by atoms with E-state index in [4.69, 9.17) is 0 Å². The van der Waals surface area contributed by atoms with Crippen LogP contribution >= 0.6 is 15.9 Å². The van der Waals surface area contributed by atoms with Gasteiger partial charge in [-0.15, -0.1) is 0 Å². The summed E-state index contributed by atoms with van der Waals surface area (Å²) < 4.78 is 0.628. The first-order valence-electron chi connectivity index (χ1n) is 7.57. The topological polar surface area (TPSA) is 94.6 Å². The molecule has 8 heteroatoms. The molecule has 1 aliphatic heterocycles. The van der Waals surface area contributed by atoms with E-state index < -0.39 is 17.5 Å². The van der Waals surface area contributed by atoms with Crippen LogP contribution in [-0.2, 0) is 9.59 Å². The molecule has 1 aromatic heterocycles. The standard InChI is InChI=1S/C17H15BrN4O3/c1-10(23)15-8-14(21-22(15)12-5-3-2-4-6-12)17(25)20-13-7-11(18)9-19-16(13)24/h2-7,9,15H,8H2,1H3,(H,19,24)(H,20,25). The Morgan fingerprint density at radius 2 is 2.04 bits per heavy atom. The van der Waals surface area contributed by atoms with Crippen LogP contribution in [0, 0.1) is 0 Å². The number of benzene rings is 1. The van der Waals surface area contributed by atoms with E-state index in [1.54, 1.807) is 5.01 Å². The zero-order valence-electron chi connectivity index (χ0n) is 13.3. The number of ketones is 1. The Bertz CT molecular complexity index is 908. The number of amides is 1. The molecule has 1 amide bonds. The van der Waals surface area contributed by atoms with E-state index in [9.17, 15) is 14.4 Å². The summed E-state index contributed by atoms with van der Waals surface area (Å²) in [7, 11) is 0. The lowest BCUT2D eigenvalue weighted by Gasteiger charge is -2.20. The smallest absolute Gasteiger partial charge is 0.272 e. The molecule has 1 unspecified atom stereocenters. The number of hydrazone groups is 1. The third kappa shape index (κ3) is 3.69. The predicted octanol–water partition coefficient (Wildman–Crippen LogP) is 2.30. The maximum atomic E-state index is 12.5. The second-order valence-corrected chi connectivity index (χ2v) is 6.49. The summed E-state index contributed by atoms with van der Waals surface area (Å²) >= 11 is 3.23. The number of hydrogen-bond donors (Lipinski definition) is 2. The fourth-order valence-corrected chi connectivity index (χ4v) is 2.87. The van der Waals surface area contributed by atoms with Gasteiger partial charge >= 0.3 is 0 Å². The van der Waals surface area contributed by atoms with Crippen molar-refractivity contribution in [2.24, 2.45) is 5.10 Å². The number of rotatable bonds is 4. The second kappa shape index (κ2) is 7.02. The lowest BCUT2D eigenvalue weighted by molar-refractivity contribution is -0.118. The number of Topliss-reactive ketones (excluding diaryl/α,β-unsaturated/α-hetero) is 1. The number of aromatic nitrogens is 1. The van der Waals surface area contributed by atoms with Crippen LogP contribution < -0.4 is 15.9 Å². The van der Waals surface area contributed by atoms with Crippen molar-refractivity contribution >= 4 is 44.7 Å². The van der Waals surface area contributed by atoms with Gasteiger partial charge in [-0.1, -0.05) is 18.2 Å². The van der Waals surface area contributed by atoms with E-state index in [-0.39, 0.29) is 23.6 Å². The summed E-state index contributed by atoms with van der Waals surface area (Å²) in [5, 5.41) is 8.39. The lowest BCUT2D eigenvalue weighted by atomic mass is 10.1. The van der Waals surface area contributed by atoms with Crippen LogP contribution in [0.25, 0.3) is 0 Å². The van der Waals surface area contributed by atoms with E-state index >= 15 is 0 Å². The number of carbonyl (C=O) groups is 2. The van der Waals surface area contributed by atoms with Gasteiger partial charge in [0.05, 0.1) is 5.69 Å². The van der Waals surface area contributed by atoms with Crippen molar-refractivity contribution in [3.63, 3.8) is 0 Å². The van der Waals surface area contributed by atoms with Gasteiger partial charge in [-0.25, -0.2) is 0 Å². The number of halogens is 1. The van der Waals surface area contributed by atoms with Crippen molar-refractivity contribution in [1.82, 2.24) is 4.98 Å². The minimum Gasteiger partial charge on any atom is -0.326 e. The molecule has 0 aliphatic carbocycles. The van der Waals surface area contributed by atoms with Gasteiger partial charge in [-0.2, -0.15) is 5.10 Å². The van der Waals surface area contributed by atoms with Crippen molar-refractivity contribution in [2.75, 3.05) is 10.3 Å². The molecule has 0 saturated heterocycles. The number of pyridine rings is 1. The Morgan fingerprint density at radius 3 is 2.72 bits per heavy atom. The maximum absolute atomic E-state index is 12.5. The van der Waals surface area contributed by atoms with Crippen molar-refractivity contribution < 1.29 is 9.59 Å². The molecule has 2 heterocycles. The number of carbonyl (C=O) groups excluding carboxylic acids is 2. The average molecular weight is 403 g/mol. The average Bonchev–Trinajstić information content (AvgIpc) is 3.05. The lowest BCUT2D eigenvalue weighted by Crippen LogP contribution is -2.33. The molecule has 1 aliphatic rings. The quantitative estimate of drug-likeness (QED) is 0.819. The highest BCUT2D eigenvalue weighted by molar-refractivity contribution is 9.10. The van der Waals surface area contributed by atoms with E-state index in [2.05, 4.69) is 31.3 Å². The van der Waals surface area contributed by atoms with Gasteiger partial charge in [0.25, 0.3) is 11.5 Å². The van der Waals surface area contributed by atoms with Gasteiger partial charge in [0.15, 0.2) is 5.78 Å². The normalized spacial score (nSPS) is 16.5. The van der Waals surface area contributed by atoms with Crippen molar-refractivity contribution in [3.05, 3.63) is 57.4 Å². The van der Waals surface area contributed by atoms with E-state index in [0.717, 1.165) is 5.69 Å². The number of hydrogen-bond acceptors (Lipinski definition) is 5. The third-order valence-electron chi connectivity index (χ3n) is 3.78. The maximum Gasteiger partial charge on any atom is 0.272 e. The molecule has 3 rings (SSSR count). The third-order valence-corrected chi connectivity index (χ3v) is 4.24. The number of nitrogens with zero attached hydrogens (tertiary/aromatic N) is 2. The number of nitrogens with one attached hydrogen (secondary N) is 2. The molecule has 1 aromatic carbocycles. The van der Waals surface area contributed by atoms with Crippen LogP contribution in [0.5, 0.6) is 0 Å². The van der Waals surface area contributed by atoms with Crippen LogP contribution in [0.4, 0.5) is 11.4 Å². The summed E-state index contributed by atoms with van der Waals surface area (Å²) in [6, 6.07) is 10.1. The molecule has 0 spiro atoms. The highest BCUT2D eigenvalue weighted by Crippen LogP contribution is 2.25. The number of anilines is 2. The number of H-pyrrole nitrogens is 1. The first-order chi connectivity index (χ1) is 12.0. The molecule has 0 bridgehead atoms. The molecular formula is C17H15BrN4O3. The first kappa shape index (κ1) is 17.1. The summed E-state index contributed by atoms with van der Waals surface area (Å²) in [6.45, 7) is 1.47. The number of aromatic amines is 1. The van der Waals surface area contributed by atoms with E-state index in [1.807, 2.05) is 30.3 Å². The largest absolute Gasteiger partial charge is 0.326 e. The molecule has 2 aromatic rings. The van der Waals surface area contributed by atoms with Gasteiger partial charge in [-0.3, -0.25) is 19.4 Å². The molecule has 0 fully saturated rings. The molecule has 25 heavy (non-hydrogen) atoms. The second-order valence-electron chi connectivity index (χ2n) is 5.57. The Morgan fingerprint density at radius 1 is 1.32 bits per heavy atom. The monoisotopic (exact) mass is 402 g/mol. The molecular weight excluding hydrogens is 388 g/mol. The van der Waals surface area contributed by atoms with Crippen LogP contribution in [0.1, 0.15) is 13.3 Å². The molecule has 2 N–H and O–H groups in total. The zero-order chi connectivity index (χ0) is 18.0. The molecule has 128 valence electrons.